The van der Waals surface area contributed by atoms with Gasteiger partial charge in [-0.25, -0.2) is 9.48 Å². The standard InChI is InChI=1S/C11H10N4O2/c1-8(5-11(16)17)9-3-2-4-10(6-9)15-7-12-13-14-15/h2-7H,1H3,(H,16,17)/b8-5+. The van der Waals surface area contributed by atoms with E-state index in [0.717, 1.165) is 11.3 Å². The molecular formula is C11H10N4O2. The molecule has 17 heavy (non-hydrogen) atoms. The van der Waals surface area contributed by atoms with Gasteiger partial charge in [0.05, 0.1) is 5.69 Å². The summed E-state index contributed by atoms with van der Waals surface area (Å²) < 4.78 is 1.51. The number of carbonyl (C=O) groups is 1. The average molecular weight is 230 g/mol. The highest BCUT2D eigenvalue weighted by molar-refractivity contribution is 5.89. The first kappa shape index (κ1) is 11.0. The molecule has 1 heterocycles. The number of rotatable bonds is 3. The Morgan fingerprint density at radius 2 is 2.29 bits per heavy atom. The van der Waals surface area contributed by atoms with E-state index >= 15 is 0 Å². The van der Waals surface area contributed by atoms with Gasteiger partial charge in [0, 0.05) is 6.08 Å². The quantitative estimate of drug-likeness (QED) is 0.800. The molecule has 2 aromatic rings. The van der Waals surface area contributed by atoms with Gasteiger partial charge in [-0.1, -0.05) is 12.1 Å². The molecule has 86 valence electrons. The Bertz CT molecular complexity index is 561. The third-order valence-electron chi connectivity index (χ3n) is 2.26. The van der Waals surface area contributed by atoms with Gasteiger partial charge in [-0.2, -0.15) is 0 Å². The Balaban J connectivity index is 2.39. The van der Waals surface area contributed by atoms with Crippen LogP contribution in [0.5, 0.6) is 0 Å². The fourth-order valence-corrected chi connectivity index (χ4v) is 1.44. The van der Waals surface area contributed by atoms with Crippen LogP contribution in [-0.2, 0) is 4.79 Å². The average Bonchev–Trinajstić information content (AvgIpc) is 2.82. The van der Waals surface area contributed by atoms with Gasteiger partial charge in [0.2, 0.25) is 0 Å². The number of aliphatic carboxylic acids is 1. The van der Waals surface area contributed by atoms with E-state index in [1.165, 1.54) is 17.1 Å². The second kappa shape index (κ2) is 4.56. The Morgan fingerprint density at radius 3 is 2.94 bits per heavy atom. The maximum Gasteiger partial charge on any atom is 0.328 e. The number of hydrogen-bond acceptors (Lipinski definition) is 4. The number of nitrogens with zero attached hydrogens (tertiary/aromatic N) is 4. The van der Waals surface area contributed by atoms with Crippen molar-refractivity contribution in [3.05, 3.63) is 42.2 Å². The van der Waals surface area contributed by atoms with Crippen molar-refractivity contribution in [2.24, 2.45) is 0 Å². The number of hydrogen-bond donors (Lipinski definition) is 1. The molecule has 0 fully saturated rings. The van der Waals surface area contributed by atoms with E-state index in [4.69, 9.17) is 5.11 Å². The van der Waals surface area contributed by atoms with E-state index in [2.05, 4.69) is 15.5 Å². The molecule has 0 saturated carbocycles. The zero-order valence-electron chi connectivity index (χ0n) is 9.11. The van der Waals surface area contributed by atoms with Crippen molar-refractivity contribution in [1.29, 1.82) is 0 Å². The third-order valence-corrected chi connectivity index (χ3v) is 2.26. The van der Waals surface area contributed by atoms with Gasteiger partial charge >= 0.3 is 5.97 Å². The molecule has 1 N–H and O–H groups in total. The van der Waals surface area contributed by atoms with E-state index < -0.39 is 5.97 Å². The second-order valence-corrected chi connectivity index (χ2v) is 3.47. The van der Waals surface area contributed by atoms with Crippen molar-refractivity contribution in [3.63, 3.8) is 0 Å². The Labute approximate surface area is 97.2 Å². The number of allylic oxidation sites excluding steroid dienone is 1. The lowest BCUT2D eigenvalue weighted by Crippen LogP contribution is -1.96. The summed E-state index contributed by atoms with van der Waals surface area (Å²) >= 11 is 0. The fraction of sp³-hybridized carbons (Fsp3) is 0.0909. The van der Waals surface area contributed by atoms with E-state index in [0.29, 0.717) is 5.57 Å². The molecule has 0 unspecified atom stereocenters. The van der Waals surface area contributed by atoms with Crippen LogP contribution in [0, 0.1) is 0 Å². The first-order valence-electron chi connectivity index (χ1n) is 4.92. The molecule has 0 atom stereocenters. The summed E-state index contributed by atoms with van der Waals surface area (Å²) in [4.78, 5) is 10.6. The van der Waals surface area contributed by atoms with Crippen LogP contribution >= 0.6 is 0 Å². The SMILES string of the molecule is C/C(=C\C(=O)O)c1cccc(-n2cnnn2)c1. The van der Waals surface area contributed by atoms with Crippen molar-refractivity contribution < 1.29 is 9.90 Å². The highest BCUT2D eigenvalue weighted by Crippen LogP contribution is 2.16. The van der Waals surface area contributed by atoms with Gasteiger partial charge in [0.1, 0.15) is 6.33 Å². The van der Waals surface area contributed by atoms with Crippen LogP contribution < -0.4 is 0 Å². The molecule has 0 aliphatic heterocycles. The van der Waals surface area contributed by atoms with Gasteiger partial charge in [-0.05, 0) is 40.6 Å². The lowest BCUT2D eigenvalue weighted by molar-refractivity contribution is -0.131. The van der Waals surface area contributed by atoms with Gasteiger partial charge in [-0.15, -0.1) is 5.10 Å². The van der Waals surface area contributed by atoms with E-state index in [9.17, 15) is 4.79 Å². The minimum Gasteiger partial charge on any atom is -0.478 e. The maximum atomic E-state index is 10.6. The summed E-state index contributed by atoms with van der Waals surface area (Å²) in [6.45, 7) is 1.74. The molecule has 2 rings (SSSR count). The smallest absolute Gasteiger partial charge is 0.328 e. The summed E-state index contributed by atoms with van der Waals surface area (Å²) in [6, 6.07) is 7.33. The van der Waals surface area contributed by atoms with Gasteiger partial charge in [0.15, 0.2) is 0 Å². The highest BCUT2D eigenvalue weighted by Gasteiger charge is 2.02. The Hall–Kier alpha value is -2.50. The molecule has 0 radical (unpaired) electrons. The monoisotopic (exact) mass is 230 g/mol. The molecule has 6 heteroatoms. The van der Waals surface area contributed by atoms with Crippen molar-refractivity contribution in [1.82, 2.24) is 20.2 Å². The molecular weight excluding hydrogens is 220 g/mol. The maximum absolute atomic E-state index is 10.6. The molecule has 0 aliphatic carbocycles. The lowest BCUT2D eigenvalue weighted by atomic mass is 10.1. The van der Waals surface area contributed by atoms with E-state index in [-0.39, 0.29) is 0 Å². The first-order chi connectivity index (χ1) is 8.16. The van der Waals surface area contributed by atoms with Crippen molar-refractivity contribution in [2.75, 3.05) is 0 Å². The predicted octanol–water partition coefficient (Wildman–Crippen LogP) is 1.15. The molecule has 1 aromatic heterocycles. The van der Waals surface area contributed by atoms with E-state index in [1.807, 2.05) is 24.3 Å². The van der Waals surface area contributed by atoms with Crippen LogP contribution in [-0.4, -0.2) is 31.3 Å². The molecule has 0 aliphatic rings. The van der Waals surface area contributed by atoms with Gasteiger partial charge in [0.25, 0.3) is 0 Å². The number of carboxylic acids is 1. The normalized spacial score (nSPS) is 11.5. The summed E-state index contributed by atoms with van der Waals surface area (Å²) in [5.74, 6) is -0.963. The summed E-state index contributed by atoms with van der Waals surface area (Å²) in [6.07, 6.45) is 2.65. The summed E-state index contributed by atoms with van der Waals surface area (Å²) in [5, 5.41) is 19.5. The largest absolute Gasteiger partial charge is 0.478 e. The van der Waals surface area contributed by atoms with Crippen LogP contribution in [0.15, 0.2) is 36.7 Å². The van der Waals surface area contributed by atoms with Crippen LogP contribution in [0.4, 0.5) is 0 Å². The van der Waals surface area contributed by atoms with Crippen LogP contribution in [0.25, 0.3) is 11.3 Å². The Kier molecular flexibility index (Phi) is 2.95. The minimum atomic E-state index is -0.963. The molecule has 6 nitrogen and oxygen atoms in total. The van der Waals surface area contributed by atoms with Crippen LogP contribution in [0.3, 0.4) is 0 Å². The van der Waals surface area contributed by atoms with Crippen molar-refractivity contribution in [2.45, 2.75) is 6.92 Å². The van der Waals surface area contributed by atoms with Gasteiger partial charge in [-0.3, -0.25) is 0 Å². The molecule has 0 amide bonds. The molecule has 0 spiro atoms. The number of benzene rings is 1. The first-order valence-corrected chi connectivity index (χ1v) is 4.92. The number of aromatic nitrogens is 4. The van der Waals surface area contributed by atoms with Crippen LogP contribution in [0.1, 0.15) is 12.5 Å². The molecule has 0 saturated heterocycles. The molecule has 1 aromatic carbocycles. The zero-order valence-corrected chi connectivity index (χ0v) is 9.11. The topological polar surface area (TPSA) is 80.9 Å². The fourth-order valence-electron chi connectivity index (χ4n) is 1.44. The lowest BCUT2D eigenvalue weighted by Gasteiger charge is -2.04. The number of tetrazole rings is 1. The zero-order chi connectivity index (χ0) is 12.3. The highest BCUT2D eigenvalue weighted by atomic mass is 16.4. The Morgan fingerprint density at radius 1 is 1.47 bits per heavy atom. The predicted molar refractivity (Wildman–Crippen MR) is 60.4 cm³/mol. The molecule has 0 bridgehead atoms. The number of carboxylic acid groups (broad SMARTS) is 1. The second-order valence-electron chi connectivity index (χ2n) is 3.47. The van der Waals surface area contributed by atoms with Crippen molar-refractivity contribution >= 4 is 11.5 Å². The summed E-state index contributed by atoms with van der Waals surface area (Å²) in [5.41, 5.74) is 2.28. The van der Waals surface area contributed by atoms with E-state index in [1.54, 1.807) is 6.92 Å². The summed E-state index contributed by atoms with van der Waals surface area (Å²) in [7, 11) is 0. The third kappa shape index (κ3) is 2.54. The van der Waals surface area contributed by atoms with Crippen LogP contribution in [0.2, 0.25) is 0 Å². The van der Waals surface area contributed by atoms with Gasteiger partial charge < -0.3 is 5.11 Å². The minimum absolute atomic E-state index is 0.674. The van der Waals surface area contributed by atoms with Crippen molar-refractivity contribution in [3.8, 4) is 5.69 Å².